The number of rotatable bonds is 4. The Bertz CT molecular complexity index is 825. The molecule has 0 aliphatic carbocycles. The Hall–Kier alpha value is -1.91. The molecule has 0 aliphatic heterocycles. The second-order valence-electron chi connectivity index (χ2n) is 9.09. The van der Waals surface area contributed by atoms with Crippen LogP contribution in [0.4, 0.5) is 0 Å². The van der Waals surface area contributed by atoms with E-state index in [1.54, 1.807) is 0 Å². The van der Waals surface area contributed by atoms with Gasteiger partial charge in [0, 0.05) is 0 Å². The first-order valence-corrected chi connectivity index (χ1v) is 12.5. The van der Waals surface area contributed by atoms with Crippen molar-refractivity contribution in [3.8, 4) is 0 Å². The van der Waals surface area contributed by atoms with Crippen LogP contribution in [0.5, 0.6) is 0 Å². The third kappa shape index (κ3) is 3.81. The zero-order chi connectivity index (χ0) is 20.6. The first-order valence-electron chi connectivity index (χ1n) is 10.4. The molecular weight excluding hydrogens is 355 g/mol. The molecule has 0 N–H and O–H groups in total. The molecule has 1 heteroatoms. The summed E-state index contributed by atoms with van der Waals surface area (Å²) in [5.41, 5.74) is 8.73. The van der Waals surface area contributed by atoms with Gasteiger partial charge in [-0.3, -0.25) is 0 Å². The van der Waals surface area contributed by atoms with Gasteiger partial charge in [0.25, 0.3) is 0 Å². The van der Waals surface area contributed by atoms with Gasteiger partial charge in [-0.25, -0.2) is 0 Å². The molecule has 0 aromatic heterocycles. The average Bonchev–Trinajstić information content (AvgIpc) is 2.52. The van der Waals surface area contributed by atoms with E-state index >= 15 is 0 Å². The first kappa shape index (κ1) is 20.8. The summed E-state index contributed by atoms with van der Waals surface area (Å²) >= 11 is 0. The van der Waals surface area contributed by atoms with Crippen molar-refractivity contribution in [3.63, 3.8) is 0 Å². The van der Waals surface area contributed by atoms with Crippen molar-refractivity contribution >= 4 is 23.2 Å². The third-order valence-electron chi connectivity index (χ3n) is 5.90. The molecule has 0 unspecified atom stereocenters. The van der Waals surface area contributed by atoms with Crippen LogP contribution in [0, 0.1) is 41.5 Å². The van der Waals surface area contributed by atoms with Gasteiger partial charge in [-0.1, -0.05) is 0 Å². The van der Waals surface area contributed by atoms with Crippen LogP contribution in [-0.4, -0.2) is 5.66 Å². The van der Waals surface area contributed by atoms with E-state index in [1.165, 1.54) is 49.3 Å². The van der Waals surface area contributed by atoms with Crippen molar-refractivity contribution in [2.24, 2.45) is 0 Å². The topological polar surface area (TPSA) is 0 Å². The van der Waals surface area contributed by atoms with Crippen molar-refractivity contribution in [3.05, 3.63) is 88.0 Å². The van der Waals surface area contributed by atoms with Crippen LogP contribution >= 0.6 is 7.26 Å². The molecule has 3 aromatic carbocycles. The van der Waals surface area contributed by atoms with Crippen molar-refractivity contribution < 1.29 is 0 Å². The molecule has 148 valence electrons. The molecule has 0 radical (unpaired) electrons. The van der Waals surface area contributed by atoms with Crippen LogP contribution < -0.4 is 15.9 Å². The molecule has 0 saturated heterocycles. The zero-order valence-corrected chi connectivity index (χ0v) is 19.8. The van der Waals surface area contributed by atoms with E-state index in [4.69, 9.17) is 0 Å². The van der Waals surface area contributed by atoms with E-state index in [0.717, 1.165) is 0 Å². The van der Waals surface area contributed by atoms with E-state index in [-0.39, 0.29) is 0 Å². The third-order valence-corrected chi connectivity index (χ3v) is 11.2. The Balaban J connectivity index is 2.49. The fourth-order valence-corrected chi connectivity index (χ4v) is 10.8. The SMILES string of the molecule is Cc1cc(C)cc([PH](c2cc(C)cc(C)c2)(c2cc(C)cc(C)c2)C(C)C)c1. The number of hydrogen-bond donors (Lipinski definition) is 0. The van der Waals surface area contributed by atoms with E-state index in [2.05, 4.69) is 110 Å². The Morgan fingerprint density at radius 1 is 0.429 bits per heavy atom. The predicted molar refractivity (Wildman–Crippen MR) is 130 cm³/mol. The van der Waals surface area contributed by atoms with Crippen LogP contribution in [0.25, 0.3) is 0 Å². The summed E-state index contributed by atoms with van der Waals surface area (Å²) in [6.45, 7) is 18.3. The van der Waals surface area contributed by atoms with Gasteiger partial charge in [-0.15, -0.1) is 0 Å². The van der Waals surface area contributed by atoms with Crippen molar-refractivity contribution in [1.82, 2.24) is 0 Å². The van der Waals surface area contributed by atoms with E-state index in [9.17, 15) is 0 Å². The van der Waals surface area contributed by atoms with Crippen LogP contribution in [0.3, 0.4) is 0 Å². The van der Waals surface area contributed by atoms with E-state index < -0.39 is 7.26 Å². The number of benzene rings is 3. The Morgan fingerprint density at radius 3 is 0.821 bits per heavy atom. The molecule has 0 aliphatic rings. The van der Waals surface area contributed by atoms with Crippen LogP contribution in [-0.2, 0) is 0 Å². The summed E-state index contributed by atoms with van der Waals surface area (Å²) in [4.78, 5) is 0. The fourth-order valence-electron chi connectivity index (χ4n) is 5.11. The van der Waals surface area contributed by atoms with Gasteiger partial charge in [0.05, 0.1) is 0 Å². The number of hydrogen-bond acceptors (Lipinski definition) is 0. The molecule has 0 nitrogen and oxygen atoms in total. The standard InChI is InChI=1S/C27H35P/c1-18(2)28(25-12-19(3)9-20(4)13-25,26-14-21(5)10-22(6)15-26)27-16-23(7)11-24(8)17-27/h9-18,28H,1-8H3. The van der Waals surface area contributed by atoms with Crippen molar-refractivity contribution in [2.45, 2.75) is 61.0 Å². The monoisotopic (exact) mass is 390 g/mol. The van der Waals surface area contributed by atoms with Gasteiger partial charge in [-0.2, -0.15) is 0 Å². The van der Waals surface area contributed by atoms with Gasteiger partial charge in [0.15, 0.2) is 0 Å². The molecule has 0 fully saturated rings. The zero-order valence-electron chi connectivity index (χ0n) is 18.8. The second kappa shape index (κ2) is 7.84. The minimum absolute atomic E-state index is 0.552. The van der Waals surface area contributed by atoms with E-state index in [1.807, 2.05) is 0 Å². The van der Waals surface area contributed by atoms with Gasteiger partial charge in [0.2, 0.25) is 0 Å². The Labute approximate surface area is 172 Å². The van der Waals surface area contributed by atoms with Crippen LogP contribution in [0.15, 0.2) is 54.6 Å². The van der Waals surface area contributed by atoms with E-state index in [0.29, 0.717) is 5.66 Å². The predicted octanol–water partition coefficient (Wildman–Crippen LogP) is 5.97. The summed E-state index contributed by atoms with van der Waals surface area (Å²) in [7, 11) is -2.19. The maximum absolute atomic E-state index is 2.45. The van der Waals surface area contributed by atoms with Gasteiger partial charge >= 0.3 is 172 Å². The summed E-state index contributed by atoms with van der Waals surface area (Å²) < 4.78 is 0. The molecule has 0 saturated carbocycles. The molecule has 0 amide bonds. The van der Waals surface area contributed by atoms with Crippen molar-refractivity contribution in [2.75, 3.05) is 0 Å². The summed E-state index contributed by atoms with van der Waals surface area (Å²) in [6.07, 6.45) is 0. The molecular formula is C27H35P. The molecule has 0 spiro atoms. The number of aryl methyl sites for hydroxylation is 6. The molecule has 3 aromatic rings. The molecule has 3 rings (SSSR count). The first-order chi connectivity index (χ1) is 13.1. The average molecular weight is 391 g/mol. The maximum atomic E-state index is 2.45. The molecule has 0 atom stereocenters. The normalized spacial score (nSPS) is 12.5. The quantitative estimate of drug-likeness (QED) is 0.481. The fraction of sp³-hybridized carbons (Fsp3) is 0.333. The molecule has 0 bridgehead atoms. The molecule has 0 heterocycles. The second-order valence-corrected chi connectivity index (χ2v) is 13.6. The summed E-state index contributed by atoms with van der Waals surface area (Å²) in [6, 6.07) is 21.6. The van der Waals surface area contributed by atoms with Crippen molar-refractivity contribution in [1.29, 1.82) is 0 Å². The van der Waals surface area contributed by atoms with Gasteiger partial charge in [-0.05, 0) is 0 Å². The minimum atomic E-state index is -2.19. The van der Waals surface area contributed by atoms with Crippen LogP contribution in [0.1, 0.15) is 47.2 Å². The summed E-state index contributed by atoms with van der Waals surface area (Å²) in [5.74, 6) is 0. The summed E-state index contributed by atoms with van der Waals surface area (Å²) in [5, 5.41) is 4.61. The van der Waals surface area contributed by atoms with Gasteiger partial charge in [0.1, 0.15) is 0 Å². The Kier molecular flexibility index (Phi) is 5.83. The van der Waals surface area contributed by atoms with Crippen LogP contribution in [0.2, 0.25) is 0 Å². The van der Waals surface area contributed by atoms with Gasteiger partial charge < -0.3 is 0 Å². The Morgan fingerprint density at radius 2 is 0.643 bits per heavy atom. The molecule has 28 heavy (non-hydrogen) atoms.